The van der Waals surface area contributed by atoms with Crippen LogP contribution in [0.15, 0.2) is 58.3 Å². The van der Waals surface area contributed by atoms with Crippen molar-refractivity contribution < 1.29 is 26.6 Å². The van der Waals surface area contributed by atoms with Gasteiger partial charge in [-0.05, 0) is 25.1 Å². The van der Waals surface area contributed by atoms with Gasteiger partial charge in [0, 0.05) is 31.6 Å². The highest BCUT2D eigenvalue weighted by Gasteiger charge is 2.18. The minimum Gasteiger partial charge on any atom is -0.355 e. The van der Waals surface area contributed by atoms with Crippen molar-refractivity contribution in [1.82, 2.24) is 10.0 Å². The van der Waals surface area contributed by atoms with Crippen molar-refractivity contribution in [3.05, 3.63) is 64.2 Å². The SMILES string of the molecule is Cc1ccc(S(=O)(=O)CCC(=O)NCCNS(=O)(=O)c2cccc([N+](=O)[O-])c2)cc1. The van der Waals surface area contributed by atoms with Crippen molar-refractivity contribution in [3.63, 3.8) is 0 Å². The molecule has 0 aromatic heterocycles. The van der Waals surface area contributed by atoms with Crippen molar-refractivity contribution in [3.8, 4) is 0 Å². The van der Waals surface area contributed by atoms with Gasteiger partial charge in [-0.15, -0.1) is 0 Å². The molecule has 0 radical (unpaired) electrons. The topological polar surface area (TPSA) is 153 Å². The number of sulfone groups is 1. The third-order valence-corrected chi connectivity index (χ3v) is 7.25. The molecular formula is C18H21N3O7S2. The molecule has 0 unspecified atom stereocenters. The van der Waals surface area contributed by atoms with Gasteiger partial charge >= 0.3 is 0 Å². The summed E-state index contributed by atoms with van der Waals surface area (Å²) in [5.74, 6) is -0.915. The van der Waals surface area contributed by atoms with E-state index < -0.39 is 30.7 Å². The van der Waals surface area contributed by atoms with Gasteiger partial charge in [-0.2, -0.15) is 0 Å². The van der Waals surface area contributed by atoms with Crippen molar-refractivity contribution >= 4 is 31.5 Å². The summed E-state index contributed by atoms with van der Waals surface area (Å²) in [6.07, 6.45) is -0.270. The molecule has 0 heterocycles. The number of hydrogen-bond donors (Lipinski definition) is 2. The standard InChI is InChI=1S/C18H21N3O7S2/c1-14-5-7-16(8-6-14)29(25,26)12-9-18(22)19-10-11-20-30(27,28)17-4-2-3-15(13-17)21(23)24/h2-8,13,20H,9-12H2,1H3,(H,19,22). The van der Waals surface area contributed by atoms with Crippen molar-refractivity contribution in [2.24, 2.45) is 0 Å². The van der Waals surface area contributed by atoms with Crippen LogP contribution in [0.1, 0.15) is 12.0 Å². The molecule has 0 aliphatic rings. The fourth-order valence-electron chi connectivity index (χ4n) is 2.41. The number of nitrogens with zero attached hydrogens (tertiary/aromatic N) is 1. The number of sulfonamides is 1. The molecule has 0 fully saturated rings. The molecule has 1 amide bonds. The Bertz CT molecular complexity index is 1130. The minimum atomic E-state index is -3.99. The average molecular weight is 456 g/mol. The first-order valence-corrected chi connectivity index (χ1v) is 11.9. The molecule has 0 saturated heterocycles. The molecule has 10 nitrogen and oxygen atoms in total. The number of carbonyl (C=O) groups excluding carboxylic acids is 1. The van der Waals surface area contributed by atoms with Crippen LogP contribution < -0.4 is 10.0 Å². The van der Waals surface area contributed by atoms with Crippen LogP contribution >= 0.6 is 0 Å². The lowest BCUT2D eigenvalue weighted by molar-refractivity contribution is -0.385. The molecule has 2 N–H and O–H groups in total. The lowest BCUT2D eigenvalue weighted by atomic mass is 10.2. The third kappa shape index (κ3) is 6.61. The van der Waals surface area contributed by atoms with Crippen molar-refractivity contribution in [1.29, 1.82) is 0 Å². The lowest BCUT2D eigenvalue weighted by Gasteiger charge is -2.09. The van der Waals surface area contributed by atoms with Crippen LogP contribution in [0.4, 0.5) is 5.69 Å². The summed E-state index contributed by atoms with van der Waals surface area (Å²) >= 11 is 0. The van der Waals surface area contributed by atoms with E-state index in [2.05, 4.69) is 10.0 Å². The Labute approximate surface area is 174 Å². The van der Waals surface area contributed by atoms with Crippen LogP contribution in [-0.2, 0) is 24.7 Å². The monoisotopic (exact) mass is 455 g/mol. The largest absolute Gasteiger partial charge is 0.355 e. The summed E-state index contributed by atoms with van der Waals surface area (Å²) in [5, 5.41) is 13.2. The smallest absolute Gasteiger partial charge is 0.270 e. The zero-order valence-corrected chi connectivity index (χ0v) is 17.7. The second-order valence-corrected chi connectivity index (χ2v) is 10.3. The Morgan fingerprint density at radius 3 is 2.30 bits per heavy atom. The van der Waals surface area contributed by atoms with E-state index >= 15 is 0 Å². The van der Waals surface area contributed by atoms with Gasteiger partial charge in [0.2, 0.25) is 15.9 Å². The summed E-state index contributed by atoms with van der Waals surface area (Å²) in [5.41, 5.74) is 0.556. The number of nitro groups is 1. The zero-order chi connectivity index (χ0) is 22.4. The molecule has 0 atom stereocenters. The molecule has 2 aromatic carbocycles. The van der Waals surface area contributed by atoms with Crippen LogP contribution in [0.2, 0.25) is 0 Å². The van der Waals surface area contributed by atoms with Gasteiger partial charge in [-0.1, -0.05) is 23.8 Å². The van der Waals surface area contributed by atoms with Gasteiger partial charge < -0.3 is 5.32 Å². The predicted molar refractivity (Wildman–Crippen MR) is 109 cm³/mol. The quantitative estimate of drug-likeness (QED) is 0.310. The van der Waals surface area contributed by atoms with E-state index in [1.165, 1.54) is 30.3 Å². The predicted octanol–water partition coefficient (Wildman–Crippen LogP) is 1.16. The highest BCUT2D eigenvalue weighted by atomic mass is 32.2. The zero-order valence-electron chi connectivity index (χ0n) is 16.1. The number of non-ortho nitro benzene ring substituents is 1. The van der Waals surface area contributed by atoms with Gasteiger partial charge in [-0.3, -0.25) is 14.9 Å². The van der Waals surface area contributed by atoms with E-state index in [-0.39, 0.29) is 40.7 Å². The molecule has 2 aromatic rings. The summed E-state index contributed by atoms with van der Waals surface area (Å²) in [6, 6.07) is 10.9. The maximum atomic E-state index is 12.2. The fourth-order valence-corrected chi connectivity index (χ4v) is 4.73. The number of nitrogens with one attached hydrogen (secondary N) is 2. The van der Waals surface area contributed by atoms with E-state index in [1.807, 2.05) is 6.92 Å². The molecule has 0 spiro atoms. The van der Waals surface area contributed by atoms with Crippen LogP contribution in [0.25, 0.3) is 0 Å². The summed E-state index contributed by atoms with van der Waals surface area (Å²) in [6.45, 7) is 1.59. The number of aryl methyl sites for hydroxylation is 1. The summed E-state index contributed by atoms with van der Waals surface area (Å²) in [4.78, 5) is 21.8. The molecule has 2 rings (SSSR count). The first kappa shape index (κ1) is 23.4. The van der Waals surface area contributed by atoms with Crippen molar-refractivity contribution in [2.45, 2.75) is 23.1 Å². The molecule has 0 aliphatic heterocycles. The van der Waals surface area contributed by atoms with Gasteiger partial charge in [0.1, 0.15) is 0 Å². The van der Waals surface area contributed by atoms with Crippen LogP contribution in [0, 0.1) is 17.0 Å². The maximum absolute atomic E-state index is 12.2. The molecule has 0 aliphatic carbocycles. The lowest BCUT2D eigenvalue weighted by Crippen LogP contribution is -2.35. The first-order valence-electron chi connectivity index (χ1n) is 8.81. The molecular weight excluding hydrogens is 434 g/mol. The van der Waals surface area contributed by atoms with E-state index in [4.69, 9.17) is 0 Å². The molecule has 12 heteroatoms. The fraction of sp³-hybridized carbons (Fsp3) is 0.278. The Hall–Kier alpha value is -2.83. The molecule has 0 saturated carbocycles. The van der Waals surface area contributed by atoms with E-state index in [9.17, 15) is 31.7 Å². The third-order valence-electron chi connectivity index (χ3n) is 4.06. The van der Waals surface area contributed by atoms with Crippen LogP contribution in [0.3, 0.4) is 0 Å². The Morgan fingerprint density at radius 1 is 1.00 bits per heavy atom. The Morgan fingerprint density at radius 2 is 1.67 bits per heavy atom. The number of rotatable bonds is 10. The van der Waals surface area contributed by atoms with Gasteiger partial charge in [0.05, 0.1) is 20.5 Å². The molecule has 162 valence electrons. The van der Waals surface area contributed by atoms with Gasteiger partial charge in [0.25, 0.3) is 5.69 Å². The van der Waals surface area contributed by atoms with Gasteiger partial charge in [0.15, 0.2) is 9.84 Å². The number of hydrogen-bond acceptors (Lipinski definition) is 7. The van der Waals surface area contributed by atoms with E-state index in [1.54, 1.807) is 12.1 Å². The normalized spacial score (nSPS) is 11.8. The van der Waals surface area contributed by atoms with E-state index in [0.29, 0.717) is 0 Å². The maximum Gasteiger partial charge on any atom is 0.270 e. The summed E-state index contributed by atoms with van der Waals surface area (Å²) in [7, 11) is -7.59. The van der Waals surface area contributed by atoms with Crippen LogP contribution in [-0.4, -0.2) is 46.5 Å². The Kier molecular flexibility index (Phi) is 7.65. The van der Waals surface area contributed by atoms with Gasteiger partial charge in [-0.25, -0.2) is 21.6 Å². The first-order chi connectivity index (χ1) is 14.0. The number of nitro benzene ring substituents is 1. The number of amides is 1. The highest BCUT2D eigenvalue weighted by Crippen LogP contribution is 2.17. The van der Waals surface area contributed by atoms with Crippen LogP contribution in [0.5, 0.6) is 0 Å². The highest BCUT2D eigenvalue weighted by molar-refractivity contribution is 7.91. The molecule has 30 heavy (non-hydrogen) atoms. The minimum absolute atomic E-state index is 0.0719. The number of benzene rings is 2. The second kappa shape index (κ2) is 9.78. The second-order valence-electron chi connectivity index (χ2n) is 6.38. The van der Waals surface area contributed by atoms with Crippen molar-refractivity contribution in [2.75, 3.05) is 18.8 Å². The van der Waals surface area contributed by atoms with E-state index in [0.717, 1.165) is 11.6 Å². The summed E-state index contributed by atoms with van der Waals surface area (Å²) < 4.78 is 51.0. The molecule has 0 bridgehead atoms. The number of carbonyl (C=O) groups is 1. The Balaban J connectivity index is 1.81. The average Bonchev–Trinajstić information content (AvgIpc) is 2.70.